The molecule has 1 atom stereocenters. The second-order valence-electron chi connectivity index (χ2n) is 3.19. The van der Waals surface area contributed by atoms with Gasteiger partial charge < -0.3 is 4.74 Å². The number of methoxy groups -OCH3 is 1. The van der Waals surface area contributed by atoms with Crippen LogP contribution in [0.4, 0.5) is 0 Å². The summed E-state index contributed by atoms with van der Waals surface area (Å²) in [6.45, 7) is 0. The number of nitrogens with zero attached hydrogens (tertiary/aromatic N) is 1. The second-order valence-corrected chi connectivity index (χ2v) is 4.46. The van der Waals surface area contributed by atoms with Crippen molar-refractivity contribution in [3.8, 4) is 5.75 Å². The summed E-state index contributed by atoms with van der Waals surface area (Å²) in [6, 6.07) is 5.67. The zero-order valence-electron chi connectivity index (χ0n) is 8.42. The predicted molar refractivity (Wildman–Crippen MR) is 63.4 cm³/mol. The van der Waals surface area contributed by atoms with Crippen LogP contribution in [0.15, 0.2) is 18.2 Å². The van der Waals surface area contributed by atoms with Gasteiger partial charge in [0.1, 0.15) is 5.75 Å². The molecule has 1 rings (SSSR count). The maximum absolute atomic E-state index is 6.11. The number of halogens is 2. The first kappa shape index (κ1) is 11.8. The molecular formula is C10H13BrClNO. The first-order chi connectivity index (χ1) is 6.56. The van der Waals surface area contributed by atoms with E-state index in [2.05, 4.69) is 15.9 Å². The number of hydrogen-bond acceptors (Lipinski definition) is 2. The maximum Gasteiger partial charge on any atom is 0.120 e. The highest BCUT2D eigenvalue weighted by Gasteiger charge is 2.13. The SMILES string of the molecule is COc1ccc(C(Br)N(C)C)c(Cl)c1. The van der Waals surface area contributed by atoms with Gasteiger partial charge in [-0.15, -0.1) is 0 Å². The third kappa shape index (κ3) is 2.62. The Morgan fingerprint density at radius 1 is 1.43 bits per heavy atom. The van der Waals surface area contributed by atoms with Gasteiger partial charge in [-0.1, -0.05) is 33.6 Å². The molecule has 1 aromatic rings. The van der Waals surface area contributed by atoms with Crippen LogP contribution >= 0.6 is 27.5 Å². The third-order valence-electron chi connectivity index (χ3n) is 1.92. The molecule has 78 valence electrons. The zero-order chi connectivity index (χ0) is 10.7. The lowest BCUT2D eigenvalue weighted by molar-refractivity contribution is 0.396. The molecule has 0 fully saturated rings. The molecule has 0 saturated carbocycles. The molecule has 0 saturated heterocycles. The standard InChI is InChI=1S/C10H13BrClNO/c1-13(2)10(11)8-5-4-7(14-3)6-9(8)12/h4-6,10H,1-3H3. The monoisotopic (exact) mass is 277 g/mol. The Labute approximate surface area is 97.9 Å². The number of hydrogen-bond donors (Lipinski definition) is 0. The Kier molecular flexibility index (Phi) is 4.23. The molecule has 1 aromatic carbocycles. The van der Waals surface area contributed by atoms with Crippen LogP contribution in [0, 0.1) is 0 Å². The van der Waals surface area contributed by atoms with Crippen molar-refractivity contribution in [3.63, 3.8) is 0 Å². The molecule has 0 aliphatic carbocycles. The van der Waals surface area contributed by atoms with Gasteiger partial charge in [0.2, 0.25) is 0 Å². The number of benzene rings is 1. The van der Waals surface area contributed by atoms with E-state index in [1.54, 1.807) is 7.11 Å². The summed E-state index contributed by atoms with van der Waals surface area (Å²) in [5.74, 6) is 0.775. The summed E-state index contributed by atoms with van der Waals surface area (Å²) < 4.78 is 5.08. The van der Waals surface area contributed by atoms with Gasteiger partial charge in [0.05, 0.1) is 12.1 Å². The van der Waals surface area contributed by atoms with E-state index in [0.717, 1.165) is 11.3 Å². The summed E-state index contributed by atoms with van der Waals surface area (Å²) >= 11 is 9.66. The van der Waals surface area contributed by atoms with E-state index >= 15 is 0 Å². The average Bonchev–Trinajstić information content (AvgIpc) is 2.16. The minimum atomic E-state index is 0.126. The lowest BCUT2D eigenvalue weighted by Gasteiger charge is -2.19. The van der Waals surface area contributed by atoms with Gasteiger partial charge >= 0.3 is 0 Å². The quantitative estimate of drug-likeness (QED) is 0.621. The molecule has 0 amide bonds. The highest BCUT2D eigenvalue weighted by Crippen LogP contribution is 2.32. The Morgan fingerprint density at radius 3 is 2.50 bits per heavy atom. The average molecular weight is 279 g/mol. The van der Waals surface area contributed by atoms with Crippen LogP contribution in [0.1, 0.15) is 10.5 Å². The van der Waals surface area contributed by atoms with Crippen LogP contribution in [-0.4, -0.2) is 26.1 Å². The molecular weight excluding hydrogens is 265 g/mol. The molecule has 0 aliphatic rings. The van der Waals surface area contributed by atoms with Crippen molar-refractivity contribution >= 4 is 27.5 Å². The topological polar surface area (TPSA) is 12.5 Å². The van der Waals surface area contributed by atoms with Crippen molar-refractivity contribution in [2.24, 2.45) is 0 Å². The van der Waals surface area contributed by atoms with Gasteiger partial charge in [-0.3, -0.25) is 4.90 Å². The zero-order valence-corrected chi connectivity index (χ0v) is 10.8. The fraction of sp³-hybridized carbons (Fsp3) is 0.400. The van der Waals surface area contributed by atoms with Crippen LogP contribution < -0.4 is 4.74 Å². The predicted octanol–water partition coefficient (Wildman–Crippen LogP) is 3.30. The van der Waals surface area contributed by atoms with Gasteiger partial charge in [-0.05, 0) is 31.8 Å². The van der Waals surface area contributed by atoms with Crippen LogP contribution in [0.2, 0.25) is 5.02 Å². The smallest absolute Gasteiger partial charge is 0.120 e. The van der Waals surface area contributed by atoms with E-state index in [0.29, 0.717) is 5.02 Å². The number of ether oxygens (including phenoxy) is 1. The molecule has 0 spiro atoms. The van der Waals surface area contributed by atoms with Crippen LogP contribution in [0.5, 0.6) is 5.75 Å². The summed E-state index contributed by atoms with van der Waals surface area (Å²) in [4.78, 5) is 2.16. The van der Waals surface area contributed by atoms with E-state index in [4.69, 9.17) is 16.3 Å². The molecule has 0 aromatic heterocycles. The molecule has 0 aliphatic heterocycles. The summed E-state index contributed by atoms with van der Waals surface area (Å²) in [5.41, 5.74) is 1.04. The number of alkyl halides is 1. The van der Waals surface area contributed by atoms with Gasteiger partial charge in [0, 0.05) is 5.02 Å². The lowest BCUT2D eigenvalue weighted by atomic mass is 10.2. The summed E-state index contributed by atoms with van der Waals surface area (Å²) in [7, 11) is 5.60. The van der Waals surface area contributed by atoms with Gasteiger partial charge in [0.25, 0.3) is 0 Å². The third-order valence-corrected chi connectivity index (χ3v) is 3.56. The normalized spacial score (nSPS) is 13.0. The van der Waals surface area contributed by atoms with E-state index in [9.17, 15) is 0 Å². The highest BCUT2D eigenvalue weighted by atomic mass is 79.9. The summed E-state index contributed by atoms with van der Waals surface area (Å²) in [6.07, 6.45) is 0. The van der Waals surface area contributed by atoms with Crippen LogP contribution in [0.3, 0.4) is 0 Å². The van der Waals surface area contributed by atoms with Gasteiger partial charge in [-0.2, -0.15) is 0 Å². The molecule has 2 nitrogen and oxygen atoms in total. The summed E-state index contributed by atoms with van der Waals surface area (Å²) in [5, 5.41) is 0.708. The Bertz CT molecular complexity index is 317. The van der Waals surface area contributed by atoms with Gasteiger partial charge in [-0.25, -0.2) is 0 Å². The molecule has 0 N–H and O–H groups in total. The molecule has 1 unspecified atom stereocenters. The van der Waals surface area contributed by atoms with Crippen molar-refractivity contribution in [1.29, 1.82) is 0 Å². The van der Waals surface area contributed by atoms with E-state index in [-0.39, 0.29) is 4.95 Å². The molecule has 14 heavy (non-hydrogen) atoms. The minimum absolute atomic E-state index is 0.126. The number of rotatable bonds is 3. The van der Waals surface area contributed by atoms with E-state index in [1.165, 1.54) is 0 Å². The lowest BCUT2D eigenvalue weighted by Crippen LogP contribution is -2.14. The van der Waals surface area contributed by atoms with E-state index in [1.807, 2.05) is 37.2 Å². The molecule has 0 radical (unpaired) electrons. The minimum Gasteiger partial charge on any atom is -0.497 e. The fourth-order valence-corrected chi connectivity index (χ4v) is 1.91. The van der Waals surface area contributed by atoms with Gasteiger partial charge in [0.15, 0.2) is 0 Å². The highest BCUT2D eigenvalue weighted by molar-refractivity contribution is 9.09. The Hall–Kier alpha value is -0.250. The van der Waals surface area contributed by atoms with Crippen molar-refractivity contribution in [3.05, 3.63) is 28.8 Å². The molecule has 0 heterocycles. The second kappa shape index (κ2) is 5.01. The largest absolute Gasteiger partial charge is 0.497 e. The van der Waals surface area contributed by atoms with Crippen molar-refractivity contribution in [2.75, 3.05) is 21.2 Å². The first-order valence-electron chi connectivity index (χ1n) is 4.20. The van der Waals surface area contributed by atoms with Crippen molar-refractivity contribution in [1.82, 2.24) is 4.90 Å². The first-order valence-corrected chi connectivity index (χ1v) is 5.49. The molecule has 0 bridgehead atoms. The van der Waals surface area contributed by atoms with Crippen LogP contribution in [0.25, 0.3) is 0 Å². The fourth-order valence-electron chi connectivity index (χ4n) is 1.11. The Morgan fingerprint density at radius 2 is 2.07 bits per heavy atom. The van der Waals surface area contributed by atoms with Crippen molar-refractivity contribution in [2.45, 2.75) is 4.95 Å². The van der Waals surface area contributed by atoms with E-state index < -0.39 is 0 Å². The molecule has 4 heteroatoms. The van der Waals surface area contributed by atoms with Crippen LogP contribution in [-0.2, 0) is 0 Å². The Balaban J connectivity index is 2.99. The maximum atomic E-state index is 6.11. The van der Waals surface area contributed by atoms with Crippen molar-refractivity contribution < 1.29 is 4.74 Å².